The summed E-state index contributed by atoms with van der Waals surface area (Å²) in [6.45, 7) is 1.32. The maximum Gasteiger partial charge on any atom is 0.326 e. The molecule has 120 valence electrons. The smallest absolute Gasteiger partial charge is 0.326 e. The maximum absolute atomic E-state index is 12.4. The van der Waals surface area contributed by atoms with Gasteiger partial charge in [-0.2, -0.15) is 0 Å². The number of β-amino-alcohol motifs (C(OH)–C–C–N with tert-alkyl or cyclic N) is 1. The van der Waals surface area contributed by atoms with Crippen LogP contribution in [0.1, 0.15) is 19.3 Å². The Balaban J connectivity index is 1.88. The molecule has 0 radical (unpaired) electrons. The Bertz CT molecular complexity index is 383. The number of carboxylic acid groups (broad SMARTS) is 1. The number of aliphatic hydroxyl groups excluding tert-OH is 2. The molecule has 0 aromatic heterocycles. The zero-order chi connectivity index (χ0) is 15.4. The molecule has 2 aliphatic heterocycles. The molecule has 2 rings (SSSR count). The second kappa shape index (κ2) is 7.06. The van der Waals surface area contributed by atoms with Crippen LogP contribution in [-0.4, -0.2) is 88.2 Å². The Kier molecular flexibility index (Phi) is 5.38. The van der Waals surface area contributed by atoms with E-state index < -0.39 is 18.1 Å². The normalized spacial score (nSPS) is 27.1. The number of nitrogens with zero attached hydrogens (tertiary/aromatic N) is 2. The van der Waals surface area contributed by atoms with Crippen LogP contribution < -0.4 is 0 Å². The van der Waals surface area contributed by atoms with Gasteiger partial charge in [-0.15, -0.1) is 0 Å². The monoisotopic (exact) mass is 302 g/mol. The van der Waals surface area contributed by atoms with E-state index >= 15 is 0 Å². The number of hydrogen-bond acceptors (Lipinski definition) is 5. The van der Waals surface area contributed by atoms with Gasteiger partial charge < -0.3 is 29.9 Å². The fraction of sp³-hybridized carbons (Fsp3) is 0.846. The highest BCUT2D eigenvalue weighted by Gasteiger charge is 2.41. The molecule has 2 amide bonds. The highest BCUT2D eigenvalue weighted by molar-refractivity contribution is 5.83. The topological polar surface area (TPSA) is 111 Å². The molecule has 0 aromatic carbocycles. The second-order valence-corrected chi connectivity index (χ2v) is 5.46. The van der Waals surface area contributed by atoms with Crippen LogP contribution in [-0.2, 0) is 9.53 Å². The van der Waals surface area contributed by atoms with Crippen molar-refractivity contribution < 1.29 is 29.6 Å². The van der Waals surface area contributed by atoms with E-state index in [1.807, 2.05) is 0 Å². The molecule has 2 fully saturated rings. The lowest BCUT2D eigenvalue weighted by molar-refractivity contribution is -0.141. The summed E-state index contributed by atoms with van der Waals surface area (Å²) in [5.41, 5.74) is 0. The van der Waals surface area contributed by atoms with Crippen LogP contribution in [0.2, 0.25) is 0 Å². The fourth-order valence-corrected chi connectivity index (χ4v) is 2.87. The standard InChI is InChI=1S/C13H22N2O6/c16-5-6-21-10-1-3-14(4-2-10)13(20)15-8-9(17)7-11(15)12(18)19/h9-11,16-17H,1-8H2,(H,18,19)/t9?,11-/m0/s1. The molecule has 0 saturated carbocycles. The van der Waals surface area contributed by atoms with Gasteiger partial charge in [0.1, 0.15) is 6.04 Å². The predicted molar refractivity (Wildman–Crippen MR) is 71.8 cm³/mol. The second-order valence-electron chi connectivity index (χ2n) is 5.46. The zero-order valence-electron chi connectivity index (χ0n) is 11.8. The summed E-state index contributed by atoms with van der Waals surface area (Å²) in [4.78, 5) is 26.4. The van der Waals surface area contributed by atoms with Gasteiger partial charge in [-0.25, -0.2) is 9.59 Å². The van der Waals surface area contributed by atoms with Crippen LogP contribution in [0.3, 0.4) is 0 Å². The van der Waals surface area contributed by atoms with E-state index in [9.17, 15) is 14.7 Å². The van der Waals surface area contributed by atoms with Gasteiger partial charge in [-0.3, -0.25) is 0 Å². The van der Waals surface area contributed by atoms with Gasteiger partial charge in [0, 0.05) is 26.1 Å². The summed E-state index contributed by atoms with van der Waals surface area (Å²) in [6.07, 6.45) is 0.665. The van der Waals surface area contributed by atoms with Gasteiger partial charge >= 0.3 is 12.0 Å². The summed E-state index contributed by atoms with van der Waals surface area (Å²) in [5.74, 6) is -1.08. The van der Waals surface area contributed by atoms with E-state index in [1.165, 1.54) is 4.90 Å². The molecule has 8 heteroatoms. The van der Waals surface area contributed by atoms with Crippen molar-refractivity contribution in [2.24, 2.45) is 0 Å². The number of hydrogen-bond donors (Lipinski definition) is 3. The minimum Gasteiger partial charge on any atom is -0.480 e. The number of aliphatic hydroxyl groups is 2. The summed E-state index contributed by atoms with van der Waals surface area (Å²) < 4.78 is 5.43. The van der Waals surface area contributed by atoms with E-state index in [2.05, 4.69) is 0 Å². The lowest BCUT2D eigenvalue weighted by atomic mass is 10.1. The van der Waals surface area contributed by atoms with Crippen molar-refractivity contribution in [3.63, 3.8) is 0 Å². The molecule has 0 aliphatic carbocycles. The highest BCUT2D eigenvalue weighted by Crippen LogP contribution is 2.22. The summed E-state index contributed by atoms with van der Waals surface area (Å²) >= 11 is 0. The van der Waals surface area contributed by atoms with Gasteiger partial charge in [0.05, 0.1) is 25.4 Å². The van der Waals surface area contributed by atoms with Gasteiger partial charge in [-0.1, -0.05) is 0 Å². The summed E-state index contributed by atoms with van der Waals surface area (Å²) in [5, 5.41) is 27.4. The molecule has 2 saturated heterocycles. The number of carbonyl (C=O) groups excluding carboxylic acids is 1. The molecule has 3 N–H and O–H groups in total. The Hall–Kier alpha value is -1.38. The van der Waals surface area contributed by atoms with E-state index in [4.69, 9.17) is 14.9 Å². The molecule has 0 spiro atoms. The number of urea groups is 1. The number of likely N-dealkylation sites (tertiary alicyclic amines) is 2. The van der Waals surface area contributed by atoms with Crippen molar-refractivity contribution in [1.29, 1.82) is 0 Å². The van der Waals surface area contributed by atoms with Crippen molar-refractivity contribution in [3.05, 3.63) is 0 Å². The number of piperidine rings is 1. The van der Waals surface area contributed by atoms with Crippen LogP contribution in [0, 0.1) is 0 Å². The van der Waals surface area contributed by atoms with E-state index in [0.29, 0.717) is 25.9 Å². The quantitative estimate of drug-likeness (QED) is 0.621. The third kappa shape index (κ3) is 3.84. The van der Waals surface area contributed by atoms with Crippen molar-refractivity contribution in [2.75, 3.05) is 32.8 Å². The number of ether oxygens (including phenoxy) is 1. The van der Waals surface area contributed by atoms with Crippen molar-refractivity contribution in [3.8, 4) is 0 Å². The molecule has 2 heterocycles. The number of carbonyl (C=O) groups is 2. The molecular formula is C13H22N2O6. The first-order chi connectivity index (χ1) is 10.0. The van der Waals surface area contributed by atoms with E-state index in [0.717, 1.165) is 0 Å². The molecular weight excluding hydrogens is 280 g/mol. The van der Waals surface area contributed by atoms with Crippen LogP contribution in [0.25, 0.3) is 0 Å². The fourth-order valence-electron chi connectivity index (χ4n) is 2.87. The molecule has 21 heavy (non-hydrogen) atoms. The van der Waals surface area contributed by atoms with Crippen LogP contribution in [0.4, 0.5) is 4.79 Å². The molecule has 8 nitrogen and oxygen atoms in total. The Morgan fingerprint density at radius 2 is 1.90 bits per heavy atom. The molecule has 1 unspecified atom stereocenters. The number of rotatable bonds is 4. The summed E-state index contributed by atoms with van der Waals surface area (Å²) in [6, 6.07) is -1.28. The molecule has 2 aliphatic rings. The van der Waals surface area contributed by atoms with Crippen molar-refractivity contribution in [2.45, 2.75) is 37.5 Å². The van der Waals surface area contributed by atoms with Crippen molar-refractivity contribution >= 4 is 12.0 Å². The third-order valence-corrected chi connectivity index (χ3v) is 3.97. The van der Waals surface area contributed by atoms with Gasteiger partial charge in [0.25, 0.3) is 0 Å². The number of aliphatic carboxylic acids is 1. The lowest BCUT2D eigenvalue weighted by Gasteiger charge is -2.35. The van der Waals surface area contributed by atoms with Crippen LogP contribution in [0.5, 0.6) is 0 Å². The average Bonchev–Trinajstić information content (AvgIpc) is 2.87. The third-order valence-electron chi connectivity index (χ3n) is 3.97. The first-order valence-electron chi connectivity index (χ1n) is 7.21. The minimum absolute atomic E-state index is 0.0227. The number of carboxylic acids is 1. The molecule has 2 atom stereocenters. The van der Waals surface area contributed by atoms with E-state index in [-0.39, 0.29) is 38.3 Å². The Labute approximate surface area is 122 Å². The SMILES string of the molecule is O=C(O)[C@@H]1CC(O)CN1C(=O)N1CCC(OCCO)CC1. The average molecular weight is 302 g/mol. The predicted octanol–water partition coefficient (Wildman–Crippen LogP) is -0.900. The zero-order valence-corrected chi connectivity index (χ0v) is 11.8. The maximum atomic E-state index is 12.4. The Morgan fingerprint density at radius 3 is 2.48 bits per heavy atom. The summed E-state index contributed by atoms with van der Waals surface area (Å²) in [7, 11) is 0. The minimum atomic E-state index is -1.08. The van der Waals surface area contributed by atoms with E-state index in [1.54, 1.807) is 4.90 Å². The van der Waals surface area contributed by atoms with Gasteiger partial charge in [-0.05, 0) is 12.8 Å². The van der Waals surface area contributed by atoms with Gasteiger partial charge in [0.2, 0.25) is 0 Å². The van der Waals surface area contributed by atoms with Crippen LogP contribution in [0.15, 0.2) is 0 Å². The van der Waals surface area contributed by atoms with Crippen molar-refractivity contribution in [1.82, 2.24) is 9.80 Å². The first-order valence-corrected chi connectivity index (χ1v) is 7.21. The largest absolute Gasteiger partial charge is 0.480 e. The van der Waals surface area contributed by atoms with Gasteiger partial charge in [0.15, 0.2) is 0 Å². The molecule has 0 aromatic rings. The van der Waals surface area contributed by atoms with Crippen LogP contribution >= 0.6 is 0 Å². The lowest BCUT2D eigenvalue weighted by Crippen LogP contribution is -2.51. The first kappa shape index (κ1) is 16.0. The molecule has 0 bridgehead atoms. The Morgan fingerprint density at radius 1 is 1.24 bits per heavy atom. The highest BCUT2D eigenvalue weighted by atomic mass is 16.5. The number of amides is 2.